The van der Waals surface area contributed by atoms with E-state index in [1.807, 2.05) is 31.2 Å². The Morgan fingerprint density at radius 2 is 2.00 bits per heavy atom. The predicted molar refractivity (Wildman–Crippen MR) is 93.1 cm³/mol. The Labute approximate surface area is 141 Å². The molecule has 0 aliphatic rings. The Bertz CT molecular complexity index is 892. The first-order valence-corrected chi connectivity index (χ1v) is 7.90. The van der Waals surface area contributed by atoms with Gasteiger partial charge in [0.05, 0.1) is 0 Å². The Morgan fingerprint density at radius 3 is 2.75 bits per heavy atom. The highest BCUT2D eigenvalue weighted by atomic mass is 16.1. The zero-order chi connectivity index (χ0) is 17.3. The van der Waals surface area contributed by atoms with Gasteiger partial charge in [0.15, 0.2) is 0 Å². The number of hydrogen-bond acceptors (Lipinski definition) is 4. The molecule has 24 heavy (non-hydrogen) atoms. The Hall–Kier alpha value is -2.76. The molecule has 0 aliphatic heterocycles. The van der Waals surface area contributed by atoms with E-state index in [1.165, 1.54) is 10.8 Å². The van der Waals surface area contributed by atoms with Gasteiger partial charge >= 0.3 is 0 Å². The highest BCUT2D eigenvalue weighted by Gasteiger charge is 2.18. The molecule has 0 saturated heterocycles. The van der Waals surface area contributed by atoms with Crippen molar-refractivity contribution in [2.45, 2.75) is 34.1 Å². The van der Waals surface area contributed by atoms with Gasteiger partial charge in [-0.25, -0.2) is 4.98 Å². The summed E-state index contributed by atoms with van der Waals surface area (Å²) in [5, 5.41) is 7.05. The van der Waals surface area contributed by atoms with Crippen molar-refractivity contribution in [3.05, 3.63) is 53.5 Å². The van der Waals surface area contributed by atoms with Crippen LogP contribution in [-0.4, -0.2) is 25.5 Å². The number of anilines is 1. The minimum Gasteiger partial charge on any atom is -0.306 e. The number of rotatable bonds is 3. The van der Waals surface area contributed by atoms with Crippen LogP contribution >= 0.6 is 0 Å². The summed E-state index contributed by atoms with van der Waals surface area (Å²) in [5.74, 6) is 0.871. The van der Waals surface area contributed by atoms with Crippen molar-refractivity contribution in [1.82, 2.24) is 19.6 Å². The average Bonchev–Trinajstić information content (AvgIpc) is 2.94. The van der Waals surface area contributed by atoms with Gasteiger partial charge in [0.25, 0.3) is 11.7 Å². The fourth-order valence-corrected chi connectivity index (χ4v) is 2.67. The lowest BCUT2D eigenvalue weighted by atomic mass is 9.86. The number of nitrogens with one attached hydrogen (secondary N) is 1. The molecule has 0 bridgehead atoms. The van der Waals surface area contributed by atoms with E-state index in [-0.39, 0.29) is 11.3 Å². The van der Waals surface area contributed by atoms with E-state index in [1.54, 1.807) is 6.07 Å². The summed E-state index contributed by atoms with van der Waals surface area (Å²) in [6.45, 7) is 8.34. The van der Waals surface area contributed by atoms with Crippen LogP contribution in [0.25, 0.3) is 5.78 Å². The summed E-state index contributed by atoms with van der Waals surface area (Å²) in [4.78, 5) is 21.2. The fraction of sp³-hybridized carbons (Fsp3) is 0.333. The molecule has 6 nitrogen and oxygen atoms in total. The molecule has 2 heterocycles. The third-order valence-corrected chi connectivity index (χ3v) is 3.60. The molecule has 3 aromatic rings. The molecule has 0 radical (unpaired) electrons. The van der Waals surface area contributed by atoms with Gasteiger partial charge in [-0.2, -0.15) is 14.6 Å². The van der Waals surface area contributed by atoms with Crippen LogP contribution in [-0.2, 0) is 6.42 Å². The highest BCUT2D eigenvalue weighted by Crippen LogP contribution is 2.23. The normalized spacial score (nSPS) is 11.7. The summed E-state index contributed by atoms with van der Waals surface area (Å²) >= 11 is 0. The molecular weight excluding hydrogens is 302 g/mol. The van der Waals surface area contributed by atoms with Crippen molar-refractivity contribution in [3.63, 3.8) is 0 Å². The SMILES string of the molecule is Cc1cc(NC(=O)c2ccccc2CC(C)(C)C)n2ncnc2n1. The Balaban J connectivity index is 1.94. The Morgan fingerprint density at radius 1 is 1.25 bits per heavy atom. The Kier molecular flexibility index (Phi) is 4.05. The zero-order valence-corrected chi connectivity index (χ0v) is 14.4. The van der Waals surface area contributed by atoms with E-state index in [0.29, 0.717) is 17.2 Å². The maximum atomic E-state index is 12.8. The highest BCUT2D eigenvalue weighted by molar-refractivity contribution is 6.05. The number of aromatic nitrogens is 4. The average molecular weight is 323 g/mol. The van der Waals surface area contributed by atoms with Crippen molar-refractivity contribution in [1.29, 1.82) is 0 Å². The number of nitrogens with zero attached hydrogens (tertiary/aromatic N) is 4. The number of amides is 1. The largest absolute Gasteiger partial charge is 0.306 e. The molecule has 0 saturated carbocycles. The molecule has 1 amide bonds. The van der Waals surface area contributed by atoms with Gasteiger partial charge < -0.3 is 5.32 Å². The number of carbonyl (C=O) groups is 1. The summed E-state index contributed by atoms with van der Waals surface area (Å²) < 4.78 is 1.53. The molecule has 3 rings (SSSR count). The van der Waals surface area contributed by atoms with Gasteiger partial charge in [-0.1, -0.05) is 39.0 Å². The summed E-state index contributed by atoms with van der Waals surface area (Å²) in [6.07, 6.45) is 2.25. The summed E-state index contributed by atoms with van der Waals surface area (Å²) in [5.41, 5.74) is 2.58. The van der Waals surface area contributed by atoms with Crippen LogP contribution in [0.15, 0.2) is 36.7 Å². The van der Waals surface area contributed by atoms with Gasteiger partial charge in [-0.05, 0) is 30.4 Å². The molecule has 0 unspecified atom stereocenters. The lowest BCUT2D eigenvalue weighted by molar-refractivity contribution is 0.102. The first-order valence-electron chi connectivity index (χ1n) is 7.90. The van der Waals surface area contributed by atoms with Crippen LogP contribution in [0.3, 0.4) is 0 Å². The fourth-order valence-electron chi connectivity index (χ4n) is 2.67. The lowest BCUT2D eigenvalue weighted by Gasteiger charge is -2.20. The van der Waals surface area contributed by atoms with Gasteiger partial charge in [0.2, 0.25) is 0 Å². The van der Waals surface area contributed by atoms with E-state index < -0.39 is 0 Å². The second-order valence-corrected chi connectivity index (χ2v) is 7.10. The molecule has 0 fully saturated rings. The van der Waals surface area contributed by atoms with E-state index in [9.17, 15) is 4.79 Å². The molecule has 6 heteroatoms. The van der Waals surface area contributed by atoms with E-state index >= 15 is 0 Å². The van der Waals surface area contributed by atoms with Gasteiger partial charge in [-0.3, -0.25) is 4.79 Å². The quantitative estimate of drug-likeness (QED) is 0.803. The minimum absolute atomic E-state index is 0.100. The zero-order valence-electron chi connectivity index (χ0n) is 14.4. The van der Waals surface area contributed by atoms with Crippen LogP contribution in [0.1, 0.15) is 42.4 Å². The third kappa shape index (κ3) is 3.42. The van der Waals surface area contributed by atoms with Crippen molar-refractivity contribution in [2.75, 3.05) is 5.32 Å². The summed E-state index contributed by atoms with van der Waals surface area (Å²) in [6, 6.07) is 9.48. The van der Waals surface area contributed by atoms with Crippen LogP contribution in [0.4, 0.5) is 5.82 Å². The van der Waals surface area contributed by atoms with Crippen molar-refractivity contribution < 1.29 is 4.79 Å². The maximum Gasteiger partial charge on any atom is 0.257 e. The maximum absolute atomic E-state index is 12.8. The molecule has 1 N–H and O–H groups in total. The van der Waals surface area contributed by atoms with Gasteiger partial charge in [0, 0.05) is 17.3 Å². The van der Waals surface area contributed by atoms with Crippen LogP contribution in [0.5, 0.6) is 0 Å². The van der Waals surface area contributed by atoms with Crippen molar-refractivity contribution in [2.24, 2.45) is 5.41 Å². The number of benzene rings is 1. The van der Waals surface area contributed by atoms with Crippen molar-refractivity contribution >= 4 is 17.5 Å². The lowest BCUT2D eigenvalue weighted by Crippen LogP contribution is -2.19. The first-order chi connectivity index (χ1) is 11.3. The van der Waals surface area contributed by atoms with Crippen LogP contribution in [0.2, 0.25) is 0 Å². The van der Waals surface area contributed by atoms with Crippen LogP contribution < -0.4 is 5.32 Å². The standard InChI is InChI=1S/C18H21N5O/c1-12-9-15(23-17(21-12)19-11-20-23)22-16(24)14-8-6-5-7-13(14)10-18(2,3)4/h5-9,11H,10H2,1-4H3,(H,22,24). The molecule has 1 aromatic carbocycles. The van der Waals surface area contributed by atoms with E-state index in [4.69, 9.17) is 0 Å². The first kappa shape index (κ1) is 16.1. The topological polar surface area (TPSA) is 72.2 Å². The van der Waals surface area contributed by atoms with Gasteiger partial charge in [-0.15, -0.1) is 0 Å². The third-order valence-electron chi connectivity index (χ3n) is 3.60. The molecule has 0 atom stereocenters. The van der Waals surface area contributed by atoms with E-state index in [0.717, 1.165) is 17.7 Å². The van der Waals surface area contributed by atoms with Gasteiger partial charge in [0.1, 0.15) is 12.1 Å². The second kappa shape index (κ2) is 6.03. The monoisotopic (exact) mass is 323 g/mol. The molecule has 0 aliphatic carbocycles. The molecule has 124 valence electrons. The number of aryl methyl sites for hydroxylation is 1. The molecule has 0 spiro atoms. The number of fused-ring (bicyclic) bond motifs is 1. The van der Waals surface area contributed by atoms with E-state index in [2.05, 4.69) is 41.2 Å². The minimum atomic E-state index is -0.155. The summed E-state index contributed by atoms with van der Waals surface area (Å²) in [7, 11) is 0. The predicted octanol–water partition coefficient (Wildman–Crippen LogP) is 3.27. The second-order valence-electron chi connectivity index (χ2n) is 7.10. The van der Waals surface area contributed by atoms with Crippen molar-refractivity contribution in [3.8, 4) is 0 Å². The number of hydrogen-bond donors (Lipinski definition) is 1. The van der Waals surface area contributed by atoms with Crippen LogP contribution in [0, 0.1) is 12.3 Å². The molecular formula is C18H21N5O. The molecule has 2 aromatic heterocycles. The smallest absolute Gasteiger partial charge is 0.257 e. The number of carbonyl (C=O) groups excluding carboxylic acids is 1.